The average molecular weight is 452 g/mol. The van der Waals surface area contributed by atoms with Crippen LogP contribution in [-0.2, 0) is 34.5 Å². The number of amides is 4. The average Bonchev–Trinajstić information content (AvgIpc) is 2.96. The summed E-state index contributed by atoms with van der Waals surface area (Å²) in [5.74, 6) is -1.55. The van der Waals surface area contributed by atoms with Gasteiger partial charge >= 0.3 is 12.0 Å². The SMILES string of the molecule is COC(=O)C1CCN(C(=O)CN2C(=O)NC(C)(c3ccc(S(C)(=O)=O)cc3)C2=O)CC1. The molecule has 2 saturated heterocycles. The number of imide groups is 1. The van der Waals surface area contributed by atoms with Crippen molar-refractivity contribution < 1.29 is 32.3 Å². The van der Waals surface area contributed by atoms with Crippen molar-refractivity contribution in [3.8, 4) is 0 Å². The van der Waals surface area contributed by atoms with E-state index in [-0.39, 0.29) is 22.7 Å². The molecule has 2 heterocycles. The maximum Gasteiger partial charge on any atom is 0.325 e. The molecule has 0 aromatic heterocycles. The number of methoxy groups -OCH3 is 1. The van der Waals surface area contributed by atoms with Crippen molar-refractivity contribution in [3.63, 3.8) is 0 Å². The highest BCUT2D eigenvalue weighted by atomic mass is 32.2. The minimum absolute atomic E-state index is 0.0963. The van der Waals surface area contributed by atoms with Crippen molar-refractivity contribution in [1.29, 1.82) is 0 Å². The van der Waals surface area contributed by atoms with Gasteiger partial charge in [0.25, 0.3) is 5.91 Å². The van der Waals surface area contributed by atoms with Crippen LogP contribution in [0, 0.1) is 5.92 Å². The molecule has 2 aliphatic heterocycles. The van der Waals surface area contributed by atoms with E-state index in [1.54, 1.807) is 0 Å². The second kappa shape index (κ2) is 8.29. The van der Waals surface area contributed by atoms with Gasteiger partial charge in [-0.25, -0.2) is 13.2 Å². The fourth-order valence-corrected chi connectivity index (χ4v) is 4.47. The molecule has 1 unspecified atom stereocenters. The highest BCUT2D eigenvalue weighted by molar-refractivity contribution is 7.90. The Hall–Kier alpha value is -2.95. The molecule has 168 valence electrons. The minimum atomic E-state index is -3.40. The van der Waals surface area contributed by atoms with Gasteiger partial charge in [0.15, 0.2) is 9.84 Å². The summed E-state index contributed by atoms with van der Waals surface area (Å²) in [7, 11) is -2.08. The van der Waals surface area contributed by atoms with Crippen molar-refractivity contribution in [2.75, 3.05) is 33.0 Å². The maximum atomic E-state index is 13.0. The first-order valence-electron chi connectivity index (χ1n) is 9.77. The number of rotatable bonds is 5. The summed E-state index contributed by atoms with van der Waals surface area (Å²) >= 11 is 0. The van der Waals surface area contributed by atoms with Crippen molar-refractivity contribution >= 4 is 33.7 Å². The van der Waals surface area contributed by atoms with Gasteiger partial charge in [-0.2, -0.15) is 0 Å². The van der Waals surface area contributed by atoms with Crippen LogP contribution in [0.2, 0.25) is 0 Å². The summed E-state index contributed by atoms with van der Waals surface area (Å²) in [5.41, 5.74) is -1.00. The first-order valence-corrected chi connectivity index (χ1v) is 11.7. The quantitative estimate of drug-likeness (QED) is 0.502. The van der Waals surface area contributed by atoms with E-state index in [2.05, 4.69) is 5.32 Å². The highest BCUT2D eigenvalue weighted by Crippen LogP contribution is 2.30. The Morgan fingerprint density at radius 3 is 2.26 bits per heavy atom. The van der Waals surface area contributed by atoms with Crippen molar-refractivity contribution in [2.45, 2.75) is 30.2 Å². The number of piperidine rings is 1. The number of carbonyl (C=O) groups excluding carboxylic acids is 4. The second-order valence-electron chi connectivity index (χ2n) is 7.92. The van der Waals surface area contributed by atoms with E-state index in [1.807, 2.05) is 0 Å². The molecule has 0 spiro atoms. The minimum Gasteiger partial charge on any atom is -0.469 e. The van der Waals surface area contributed by atoms with Gasteiger partial charge in [-0.05, 0) is 37.5 Å². The third-order valence-electron chi connectivity index (χ3n) is 5.81. The van der Waals surface area contributed by atoms with Crippen LogP contribution in [0.1, 0.15) is 25.3 Å². The highest BCUT2D eigenvalue weighted by Gasteiger charge is 2.49. The smallest absolute Gasteiger partial charge is 0.325 e. The number of likely N-dealkylation sites (tertiary alicyclic amines) is 1. The summed E-state index contributed by atoms with van der Waals surface area (Å²) in [5, 5.41) is 2.60. The summed E-state index contributed by atoms with van der Waals surface area (Å²) in [6, 6.07) is 4.98. The number of hydrogen-bond acceptors (Lipinski definition) is 7. The molecular weight excluding hydrogens is 426 g/mol. The van der Waals surface area contributed by atoms with Crippen LogP contribution in [0.25, 0.3) is 0 Å². The first kappa shape index (κ1) is 22.7. The summed E-state index contributed by atoms with van der Waals surface area (Å²) < 4.78 is 28.0. The molecule has 0 saturated carbocycles. The normalized spacial score (nSPS) is 22.4. The van der Waals surface area contributed by atoms with Gasteiger partial charge < -0.3 is 15.0 Å². The Bertz CT molecular complexity index is 1010. The second-order valence-corrected chi connectivity index (χ2v) is 9.94. The lowest BCUT2D eigenvalue weighted by molar-refractivity contribution is -0.149. The van der Waals surface area contributed by atoms with Crippen LogP contribution in [0.4, 0.5) is 4.79 Å². The molecule has 1 N–H and O–H groups in total. The van der Waals surface area contributed by atoms with Crippen LogP contribution < -0.4 is 5.32 Å². The van der Waals surface area contributed by atoms with Crippen LogP contribution in [0.5, 0.6) is 0 Å². The van der Waals surface area contributed by atoms with Gasteiger partial charge in [0.2, 0.25) is 5.91 Å². The Morgan fingerprint density at radius 2 is 1.74 bits per heavy atom. The Balaban J connectivity index is 1.69. The zero-order valence-corrected chi connectivity index (χ0v) is 18.4. The molecule has 31 heavy (non-hydrogen) atoms. The molecule has 0 aliphatic carbocycles. The molecule has 2 fully saturated rings. The van der Waals surface area contributed by atoms with Gasteiger partial charge in [-0.1, -0.05) is 12.1 Å². The van der Waals surface area contributed by atoms with E-state index >= 15 is 0 Å². The number of benzene rings is 1. The molecule has 10 nitrogen and oxygen atoms in total. The Morgan fingerprint density at radius 1 is 1.16 bits per heavy atom. The molecule has 2 aliphatic rings. The van der Waals surface area contributed by atoms with Crippen molar-refractivity contribution in [3.05, 3.63) is 29.8 Å². The Labute approximate surface area is 180 Å². The van der Waals surface area contributed by atoms with E-state index in [4.69, 9.17) is 4.74 Å². The summed E-state index contributed by atoms with van der Waals surface area (Å²) in [6.45, 7) is 1.78. The number of ether oxygens (including phenoxy) is 1. The molecule has 4 amide bonds. The van der Waals surface area contributed by atoms with E-state index in [0.29, 0.717) is 31.5 Å². The summed E-state index contributed by atoms with van der Waals surface area (Å²) in [4.78, 5) is 52.2. The van der Waals surface area contributed by atoms with Crippen molar-refractivity contribution in [1.82, 2.24) is 15.1 Å². The van der Waals surface area contributed by atoms with Crippen LogP contribution in [0.3, 0.4) is 0 Å². The van der Waals surface area contributed by atoms with Crippen LogP contribution >= 0.6 is 0 Å². The molecular formula is C20H25N3O7S. The molecule has 0 bridgehead atoms. The molecule has 0 radical (unpaired) electrons. The topological polar surface area (TPSA) is 130 Å². The standard InChI is InChI=1S/C20H25N3O7S/c1-20(14-4-6-15(7-5-14)31(3,28)29)18(26)23(19(27)21-20)12-16(24)22-10-8-13(9-11-22)17(25)30-2/h4-7,13H,8-12H2,1-3H3,(H,21,27). The summed E-state index contributed by atoms with van der Waals surface area (Å²) in [6.07, 6.45) is 2.00. The van der Waals surface area contributed by atoms with Gasteiger partial charge in [-0.15, -0.1) is 0 Å². The zero-order chi connectivity index (χ0) is 23.0. The number of hydrogen-bond donors (Lipinski definition) is 1. The fourth-order valence-electron chi connectivity index (χ4n) is 3.84. The third-order valence-corrected chi connectivity index (χ3v) is 6.94. The number of esters is 1. The van der Waals surface area contributed by atoms with E-state index in [0.717, 1.165) is 11.2 Å². The number of sulfone groups is 1. The van der Waals surface area contributed by atoms with Gasteiger partial charge in [-0.3, -0.25) is 19.3 Å². The van der Waals surface area contributed by atoms with E-state index in [1.165, 1.54) is 43.2 Å². The third kappa shape index (κ3) is 4.41. The molecule has 3 rings (SSSR count). The van der Waals surface area contributed by atoms with Crippen LogP contribution in [0.15, 0.2) is 29.2 Å². The maximum absolute atomic E-state index is 13.0. The largest absolute Gasteiger partial charge is 0.469 e. The lowest BCUT2D eigenvalue weighted by Gasteiger charge is -2.31. The molecule has 1 aromatic rings. The van der Waals surface area contributed by atoms with Crippen LogP contribution in [-0.4, -0.2) is 75.0 Å². The zero-order valence-electron chi connectivity index (χ0n) is 17.6. The fraction of sp³-hybridized carbons (Fsp3) is 0.500. The van der Waals surface area contributed by atoms with E-state index in [9.17, 15) is 27.6 Å². The van der Waals surface area contributed by atoms with Gasteiger partial charge in [0.1, 0.15) is 12.1 Å². The number of nitrogens with zero attached hydrogens (tertiary/aromatic N) is 2. The lowest BCUT2D eigenvalue weighted by Crippen LogP contribution is -2.47. The predicted octanol–water partition coefficient (Wildman–Crippen LogP) is 0.269. The number of carbonyl (C=O) groups is 4. The monoisotopic (exact) mass is 451 g/mol. The molecule has 11 heteroatoms. The lowest BCUT2D eigenvalue weighted by atomic mass is 9.92. The number of urea groups is 1. The van der Waals surface area contributed by atoms with Gasteiger partial charge in [0, 0.05) is 19.3 Å². The Kier molecular flexibility index (Phi) is 6.08. The predicted molar refractivity (Wildman–Crippen MR) is 108 cm³/mol. The molecule has 1 aromatic carbocycles. The van der Waals surface area contributed by atoms with E-state index < -0.39 is 33.9 Å². The van der Waals surface area contributed by atoms with Gasteiger partial charge in [0.05, 0.1) is 17.9 Å². The molecule has 1 atom stereocenters. The first-order chi connectivity index (χ1) is 14.5. The number of nitrogens with one attached hydrogen (secondary N) is 1. The van der Waals surface area contributed by atoms with Crippen molar-refractivity contribution in [2.24, 2.45) is 5.92 Å².